The third kappa shape index (κ3) is 6.80. The highest BCUT2D eigenvalue weighted by Gasteiger charge is 2.20. The number of urea groups is 1. The van der Waals surface area contributed by atoms with Crippen molar-refractivity contribution < 1.29 is 19.1 Å². The van der Waals surface area contributed by atoms with Gasteiger partial charge in [0.15, 0.2) is 6.10 Å². The van der Waals surface area contributed by atoms with Crippen molar-refractivity contribution in [1.29, 1.82) is 0 Å². The van der Waals surface area contributed by atoms with Crippen LogP contribution in [0.4, 0.5) is 4.79 Å². The Bertz CT molecular complexity index is 294. The van der Waals surface area contributed by atoms with Crippen LogP contribution in [0.1, 0.15) is 34.6 Å². The summed E-state index contributed by atoms with van der Waals surface area (Å²) in [5, 5.41) is 4.62. The summed E-state index contributed by atoms with van der Waals surface area (Å²) in [7, 11) is 0. The number of ether oxygens (including phenoxy) is 1. The number of esters is 1. The highest BCUT2D eigenvalue weighted by molar-refractivity contribution is 5.97. The molecule has 16 heavy (non-hydrogen) atoms. The lowest BCUT2D eigenvalue weighted by Gasteiger charge is -2.21. The lowest BCUT2D eigenvalue weighted by molar-refractivity contribution is -0.152. The van der Waals surface area contributed by atoms with Gasteiger partial charge in [-0.25, -0.2) is 4.79 Å². The van der Waals surface area contributed by atoms with Crippen molar-refractivity contribution in [3.05, 3.63) is 0 Å². The molecule has 0 unspecified atom stereocenters. The van der Waals surface area contributed by atoms with E-state index in [1.54, 1.807) is 20.8 Å². The van der Waals surface area contributed by atoms with Crippen molar-refractivity contribution in [3.63, 3.8) is 0 Å². The van der Waals surface area contributed by atoms with Gasteiger partial charge < -0.3 is 10.1 Å². The number of nitrogens with one attached hydrogen (secondary N) is 2. The van der Waals surface area contributed by atoms with Gasteiger partial charge in [0.25, 0.3) is 5.91 Å². The Balaban J connectivity index is 4.14. The number of imide groups is 1. The Morgan fingerprint density at radius 2 is 1.69 bits per heavy atom. The van der Waals surface area contributed by atoms with Crippen LogP contribution in [-0.4, -0.2) is 29.6 Å². The zero-order valence-electron chi connectivity index (χ0n) is 10.2. The van der Waals surface area contributed by atoms with E-state index in [0.717, 1.165) is 0 Å². The van der Waals surface area contributed by atoms with E-state index in [1.165, 1.54) is 13.8 Å². The molecule has 0 bridgehead atoms. The first kappa shape index (κ1) is 14.4. The summed E-state index contributed by atoms with van der Waals surface area (Å²) >= 11 is 0. The first-order valence-electron chi connectivity index (χ1n) is 4.92. The van der Waals surface area contributed by atoms with E-state index in [2.05, 4.69) is 15.4 Å². The highest BCUT2D eigenvalue weighted by atomic mass is 16.5. The second kappa shape index (κ2) is 5.48. The molecule has 0 aliphatic heterocycles. The van der Waals surface area contributed by atoms with Crippen molar-refractivity contribution in [2.24, 2.45) is 0 Å². The van der Waals surface area contributed by atoms with Crippen LogP contribution in [-0.2, 0) is 14.3 Å². The minimum atomic E-state index is -0.983. The predicted octanol–water partition coefficient (Wildman–Crippen LogP) is 0.562. The fourth-order valence-electron chi connectivity index (χ4n) is 0.888. The molecule has 0 saturated carbocycles. The summed E-state index contributed by atoms with van der Waals surface area (Å²) in [6.45, 7) is 7.94. The molecule has 2 N–H and O–H groups in total. The Hall–Kier alpha value is -1.59. The average molecular weight is 230 g/mol. The van der Waals surface area contributed by atoms with Gasteiger partial charge in [-0.2, -0.15) is 0 Å². The topological polar surface area (TPSA) is 84.5 Å². The number of carbonyl (C=O) groups is 3. The summed E-state index contributed by atoms with van der Waals surface area (Å²) in [4.78, 5) is 33.2. The average Bonchev–Trinajstić information content (AvgIpc) is 1.98. The molecule has 0 rings (SSSR count). The van der Waals surface area contributed by atoms with Crippen LogP contribution < -0.4 is 10.6 Å². The second-order valence-electron chi connectivity index (χ2n) is 4.45. The fourth-order valence-corrected chi connectivity index (χ4v) is 0.888. The van der Waals surface area contributed by atoms with Gasteiger partial charge in [0, 0.05) is 12.5 Å². The molecular weight excluding hydrogens is 212 g/mol. The van der Waals surface area contributed by atoms with Crippen molar-refractivity contribution >= 4 is 17.9 Å². The summed E-state index contributed by atoms with van der Waals surface area (Å²) in [5.41, 5.74) is -0.435. The van der Waals surface area contributed by atoms with Crippen molar-refractivity contribution in [3.8, 4) is 0 Å². The van der Waals surface area contributed by atoms with E-state index >= 15 is 0 Å². The van der Waals surface area contributed by atoms with Gasteiger partial charge in [-0.15, -0.1) is 0 Å². The molecule has 0 aromatic heterocycles. The van der Waals surface area contributed by atoms with Crippen LogP contribution >= 0.6 is 0 Å². The van der Waals surface area contributed by atoms with Gasteiger partial charge in [-0.05, 0) is 27.7 Å². The summed E-state index contributed by atoms with van der Waals surface area (Å²) in [6, 6.07) is -0.614. The molecule has 0 aliphatic carbocycles. The van der Waals surface area contributed by atoms with E-state index in [0.29, 0.717) is 0 Å². The largest absolute Gasteiger partial charge is 0.453 e. The molecule has 0 saturated heterocycles. The third-order valence-corrected chi connectivity index (χ3v) is 1.44. The Kier molecular flexibility index (Phi) is 4.94. The first-order valence-corrected chi connectivity index (χ1v) is 4.92. The van der Waals surface area contributed by atoms with Gasteiger partial charge in [0.1, 0.15) is 0 Å². The molecule has 6 heteroatoms. The maximum Gasteiger partial charge on any atom is 0.321 e. The Morgan fingerprint density at radius 3 is 2.06 bits per heavy atom. The van der Waals surface area contributed by atoms with Gasteiger partial charge in [-0.1, -0.05) is 0 Å². The van der Waals surface area contributed by atoms with Gasteiger partial charge >= 0.3 is 12.0 Å². The van der Waals surface area contributed by atoms with Crippen LogP contribution in [0.5, 0.6) is 0 Å². The molecule has 0 aliphatic rings. The number of carbonyl (C=O) groups excluding carboxylic acids is 3. The van der Waals surface area contributed by atoms with Gasteiger partial charge in [0.05, 0.1) is 0 Å². The zero-order valence-corrected chi connectivity index (χ0v) is 10.2. The molecule has 92 valence electrons. The predicted molar refractivity (Wildman–Crippen MR) is 57.7 cm³/mol. The van der Waals surface area contributed by atoms with Gasteiger partial charge in [-0.3, -0.25) is 14.9 Å². The Labute approximate surface area is 94.7 Å². The van der Waals surface area contributed by atoms with E-state index in [1.807, 2.05) is 0 Å². The number of hydrogen-bond acceptors (Lipinski definition) is 4. The van der Waals surface area contributed by atoms with Crippen LogP contribution in [0.15, 0.2) is 0 Å². The third-order valence-electron chi connectivity index (χ3n) is 1.44. The maximum absolute atomic E-state index is 11.3. The first-order chi connectivity index (χ1) is 7.11. The quantitative estimate of drug-likeness (QED) is 0.679. The lowest BCUT2D eigenvalue weighted by Crippen LogP contribution is -2.50. The van der Waals surface area contributed by atoms with E-state index < -0.39 is 29.6 Å². The Morgan fingerprint density at radius 1 is 1.19 bits per heavy atom. The van der Waals surface area contributed by atoms with Crippen molar-refractivity contribution in [2.45, 2.75) is 46.3 Å². The normalized spacial score (nSPS) is 12.6. The number of rotatable bonds is 2. The number of amides is 3. The molecule has 0 spiro atoms. The number of hydrogen-bond donors (Lipinski definition) is 2. The summed E-state index contributed by atoms with van der Waals surface area (Å²) < 4.78 is 4.61. The van der Waals surface area contributed by atoms with Crippen molar-refractivity contribution in [2.75, 3.05) is 0 Å². The van der Waals surface area contributed by atoms with Crippen LogP contribution in [0.25, 0.3) is 0 Å². The van der Waals surface area contributed by atoms with E-state index in [4.69, 9.17) is 0 Å². The minimum Gasteiger partial charge on any atom is -0.453 e. The lowest BCUT2D eigenvalue weighted by atomic mass is 10.1. The minimum absolute atomic E-state index is 0.435. The van der Waals surface area contributed by atoms with Crippen molar-refractivity contribution in [1.82, 2.24) is 10.6 Å². The van der Waals surface area contributed by atoms with Gasteiger partial charge in [0.2, 0.25) is 0 Å². The molecule has 0 heterocycles. The van der Waals surface area contributed by atoms with Crippen LogP contribution in [0, 0.1) is 0 Å². The monoisotopic (exact) mass is 230 g/mol. The molecular formula is C10H18N2O4. The van der Waals surface area contributed by atoms with Crippen LogP contribution in [0.2, 0.25) is 0 Å². The molecule has 0 aromatic carbocycles. The van der Waals surface area contributed by atoms with Crippen LogP contribution in [0.3, 0.4) is 0 Å². The molecule has 1 atom stereocenters. The van der Waals surface area contributed by atoms with E-state index in [9.17, 15) is 14.4 Å². The smallest absolute Gasteiger partial charge is 0.321 e. The molecule has 3 amide bonds. The molecule has 0 fully saturated rings. The molecule has 0 radical (unpaired) electrons. The standard InChI is InChI=1S/C10H18N2O4/c1-6(16-7(2)13)8(14)11-9(15)12-10(3,4)5/h6H,1-5H3,(H2,11,12,14,15)/t6-/m1/s1. The summed E-state index contributed by atoms with van der Waals surface area (Å²) in [6.07, 6.45) is -0.983. The SMILES string of the molecule is CC(=O)O[C@H](C)C(=O)NC(=O)NC(C)(C)C. The molecule has 0 aromatic rings. The molecule has 6 nitrogen and oxygen atoms in total. The second-order valence-corrected chi connectivity index (χ2v) is 4.45. The fraction of sp³-hybridized carbons (Fsp3) is 0.700. The maximum atomic E-state index is 11.3. The van der Waals surface area contributed by atoms with E-state index in [-0.39, 0.29) is 0 Å². The summed E-state index contributed by atoms with van der Waals surface area (Å²) in [5.74, 6) is -1.23. The zero-order chi connectivity index (χ0) is 12.9. The highest BCUT2D eigenvalue weighted by Crippen LogP contribution is 1.98.